The summed E-state index contributed by atoms with van der Waals surface area (Å²) in [6.07, 6.45) is 0.929. The van der Waals surface area contributed by atoms with Crippen LogP contribution < -0.4 is 0 Å². The van der Waals surface area contributed by atoms with Crippen molar-refractivity contribution in [1.82, 2.24) is 4.90 Å². The van der Waals surface area contributed by atoms with Crippen LogP contribution in [0, 0.1) is 5.92 Å². The maximum absolute atomic E-state index is 12.2. The third-order valence-electron chi connectivity index (χ3n) is 3.27. The first-order valence-electron chi connectivity index (χ1n) is 5.64. The lowest BCUT2D eigenvalue weighted by Crippen LogP contribution is -2.32. The molecule has 3 nitrogen and oxygen atoms in total. The molecule has 1 fully saturated rings. The van der Waals surface area contributed by atoms with Crippen LogP contribution in [0.2, 0.25) is 0 Å². The fraction of sp³-hybridized carbons (Fsp3) is 0.583. The highest BCUT2D eigenvalue weighted by molar-refractivity contribution is 7.08. The van der Waals surface area contributed by atoms with E-state index in [4.69, 9.17) is 5.11 Å². The van der Waals surface area contributed by atoms with Gasteiger partial charge in [-0.05, 0) is 35.7 Å². The number of thiophene rings is 1. The lowest BCUT2D eigenvalue weighted by molar-refractivity contribution is -0.131. The summed E-state index contributed by atoms with van der Waals surface area (Å²) in [4.78, 5) is 14.0. The first-order chi connectivity index (χ1) is 7.72. The first-order valence-corrected chi connectivity index (χ1v) is 6.58. The zero-order chi connectivity index (χ0) is 11.5. The van der Waals surface area contributed by atoms with E-state index in [1.165, 1.54) is 0 Å². The SMILES string of the molecule is CC(C(=O)N1CCC(CO)C1)c1ccsc1. The molecule has 2 unspecified atom stereocenters. The third-order valence-corrected chi connectivity index (χ3v) is 3.97. The predicted octanol–water partition coefficient (Wildman–Crippen LogP) is 1.69. The molecule has 0 bridgehead atoms. The molecule has 0 spiro atoms. The number of hydrogen-bond acceptors (Lipinski definition) is 3. The van der Waals surface area contributed by atoms with Crippen molar-refractivity contribution >= 4 is 17.2 Å². The largest absolute Gasteiger partial charge is 0.396 e. The minimum atomic E-state index is -0.0521. The van der Waals surface area contributed by atoms with E-state index in [0.717, 1.165) is 18.5 Å². The maximum Gasteiger partial charge on any atom is 0.229 e. The third kappa shape index (κ3) is 2.28. The molecule has 1 aromatic heterocycles. The number of aliphatic hydroxyl groups is 1. The molecule has 4 heteroatoms. The van der Waals surface area contributed by atoms with Crippen molar-refractivity contribution in [2.45, 2.75) is 19.3 Å². The summed E-state index contributed by atoms with van der Waals surface area (Å²) in [7, 11) is 0. The number of carbonyl (C=O) groups is 1. The van der Waals surface area contributed by atoms with Gasteiger partial charge >= 0.3 is 0 Å². The van der Waals surface area contributed by atoms with E-state index in [0.29, 0.717) is 6.54 Å². The molecular weight excluding hydrogens is 222 g/mol. The van der Waals surface area contributed by atoms with Crippen LogP contribution in [-0.4, -0.2) is 35.6 Å². The summed E-state index contributed by atoms with van der Waals surface area (Å²) >= 11 is 1.62. The van der Waals surface area contributed by atoms with Crippen molar-refractivity contribution in [3.63, 3.8) is 0 Å². The van der Waals surface area contributed by atoms with Gasteiger partial charge < -0.3 is 10.0 Å². The van der Waals surface area contributed by atoms with E-state index in [2.05, 4.69) is 0 Å². The van der Waals surface area contributed by atoms with Crippen molar-refractivity contribution in [1.29, 1.82) is 0 Å². The highest BCUT2D eigenvalue weighted by Crippen LogP contribution is 2.24. The van der Waals surface area contributed by atoms with E-state index in [1.807, 2.05) is 28.7 Å². The zero-order valence-electron chi connectivity index (χ0n) is 9.43. The van der Waals surface area contributed by atoms with Crippen LogP contribution >= 0.6 is 11.3 Å². The van der Waals surface area contributed by atoms with Crippen molar-refractivity contribution < 1.29 is 9.90 Å². The lowest BCUT2D eigenvalue weighted by atomic mass is 10.0. The highest BCUT2D eigenvalue weighted by Gasteiger charge is 2.29. The van der Waals surface area contributed by atoms with Crippen molar-refractivity contribution in [3.05, 3.63) is 22.4 Å². The van der Waals surface area contributed by atoms with E-state index in [9.17, 15) is 4.79 Å². The fourth-order valence-corrected chi connectivity index (χ4v) is 2.87. The Morgan fingerprint density at radius 3 is 3.12 bits per heavy atom. The van der Waals surface area contributed by atoms with Gasteiger partial charge in [-0.1, -0.05) is 0 Å². The van der Waals surface area contributed by atoms with Crippen LogP contribution in [0.1, 0.15) is 24.8 Å². The zero-order valence-corrected chi connectivity index (χ0v) is 10.2. The molecule has 16 heavy (non-hydrogen) atoms. The number of rotatable bonds is 3. The minimum Gasteiger partial charge on any atom is -0.396 e. The topological polar surface area (TPSA) is 40.5 Å². The Balaban J connectivity index is 1.98. The summed E-state index contributed by atoms with van der Waals surface area (Å²) in [6, 6.07) is 2.01. The molecule has 1 aromatic rings. The van der Waals surface area contributed by atoms with Crippen molar-refractivity contribution in [2.24, 2.45) is 5.92 Å². The van der Waals surface area contributed by atoms with E-state index < -0.39 is 0 Å². The number of amides is 1. The summed E-state index contributed by atoms with van der Waals surface area (Å²) in [5, 5.41) is 13.1. The van der Waals surface area contributed by atoms with Crippen molar-refractivity contribution in [3.8, 4) is 0 Å². The number of nitrogens with zero attached hydrogens (tertiary/aromatic N) is 1. The van der Waals surface area contributed by atoms with Crippen LogP contribution in [0.25, 0.3) is 0 Å². The molecule has 1 aliphatic heterocycles. The van der Waals surface area contributed by atoms with Crippen LogP contribution in [0.5, 0.6) is 0 Å². The molecule has 0 aliphatic carbocycles. The summed E-state index contributed by atoms with van der Waals surface area (Å²) in [5.74, 6) is 0.414. The summed E-state index contributed by atoms with van der Waals surface area (Å²) < 4.78 is 0. The Morgan fingerprint density at radius 1 is 1.75 bits per heavy atom. The van der Waals surface area contributed by atoms with E-state index in [-0.39, 0.29) is 24.3 Å². The molecule has 2 heterocycles. The Kier molecular flexibility index (Phi) is 3.61. The van der Waals surface area contributed by atoms with E-state index >= 15 is 0 Å². The van der Waals surface area contributed by atoms with Gasteiger partial charge in [0.1, 0.15) is 0 Å². The average molecular weight is 239 g/mol. The molecule has 0 radical (unpaired) electrons. The van der Waals surface area contributed by atoms with Crippen LogP contribution in [-0.2, 0) is 4.79 Å². The van der Waals surface area contributed by atoms with Gasteiger partial charge in [0.2, 0.25) is 5.91 Å². The average Bonchev–Trinajstić information content (AvgIpc) is 2.97. The second-order valence-corrected chi connectivity index (χ2v) is 5.18. The number of aliphatic hydroxyl groups excluding tert-OH is 1. The smallest absolute Gasteiger partial charge is 0.229 e. The van der Waals surface area contributed by atoms with Crippen LogP contribution in [0.4, 0.5) is 0 Å². The Bertz CT molecular complexity index is 350. The predicted molar refractivity (Wildman–Crippen MR) is 64.5 cm³/mol. The van der Waals surface area contributed by atoms with Crippen molar-refractivity contribution in [2.75, 3.05) is 19.7 Å². The lowest BCUT2D eigenvalue weighted by Gasteiger charge is -2.20. The molecule has 0 saturated carbocycles. The number of likely N-dealkylation sites (tertiary alicyclic amines) is 1. The fourth-order valence-electron chi connectivity index (χ4n) is 2.12. The molecule has 88 valence electrons. The van der Waals surface area contributed by atoms with Gasteiger partial charge in [-0.2, -0.15) is 11.3 Å². The standard InChI is InChI=1S/C12H17NO2S/c1-9(11-3-5-16-8-11)12(15)13-4-2-10(6-13)7-14/h3,5,8-10,14H,2,4,6-7H2,1H3. The van der Waals surface area contributed by atoms with Gasteiger partial charge in [0, 0.05) is 25.6 Å². The van der Waals surface area contributed by atoms with Gasteiger partial charge in [0.05, 0.1) is 5.92 Å². The van der Waals surface area contributed by atoms with E-state index in [1.54, 1.807) is 11.3 Å². The van der Waals surface area contributed by atoms with Gasteiger partial charge in [0.25, 0.3) is 0 Å². The molecule has 0 aromatic carbocycles. The van der Waals surface area contributed by atoms with Gasteiger partial charge in [-0.15, -0.1) is 0 Å². The Labute approximate surface area is 99.7 Å². The van der Waals surface area contributed by atoms with Crippen LogP contribution in [0.3, 0.4) is 0 Å². The maximum atomic E-state index is 12.2. The Morgan fingerprint density at radius 2 is 2.56 bits per heavy atom. The molecule has 1 saturated heterocycles. The molecule has 2 atom stereocenters. The molecule has 1 aliphatic rings. The summed E-state index contributed by atoms with van der Waals surface area (Å²) in [5.41, 5.74) is 1.10. The second kappa shape index (κ2) is 4.97. The van der Waals surface area contributed by atoms with Gasteiger partial charge in [-0.3, -0.25) is 4.79 Å². The first kappa shape index (κ1) is 11.6. The highest BCUT2D eigenvalue weighted by atomic mass is 32.1. The molecule has 1 N–H and O–H groups in total. The van der Waals surface area contributed by atoms with Crippen LogP contribution in [0.15, 0.2) is 16.8 Å². The van der Waals surface area contributed by atoms with Gasteiger partial charge in [-0.25, -0.2) is 0 Å². The molecule has 2 rings (SSSR count). The normalized spacial score (nSPS) is 22.4. The monoisotopic (exact) mass is 239 g/mol. The molecular formula is C12H17NO2S. The number of hydrogen-bond donors (Lipinski definition) is 1. The minimum absolute atomic E-state index is 0.0521. The quantitative estimate of drug-likeness (QED) is 0.872. The van der Waals surface area contributed by atoms with Gasteiger partial charge in [0.15, 0.2) is 0 Å². The Hall–Kier alpha value is -0.870. The molecule has 1 amide bonds. The number of carbonyl (C=O) groups excluding carboxylic acids is 1. The second-order valence-electron chi connectivity index (χ2n) is 4.40. The summed E-state index contributed by atoms with van der Waals surface area (Å²) in [6.45, 7) is 3.65.